The molecule has 0 aliphatic rings. The molecule has 0 aliphatic carbocycles. The molecule has 0 radical (unpaired) electrons. The van der Waals surface area contributed by atoms with Gasteiger partial charge < -0.3 is 5.32 Å². The average molecular weight is 343 g/mol. The second kappa shape index (κ2) is 7.44. The van der Waals surface area contributed by atoms with Gasteiger partial charge in [-0.2, -0.15) is 11.3 Å². The van der Waals surface area contributed by atoms with Crippen molar-refractivity contribution in [1.29, 1.82) is 0 Å². The van der Waals surface area contributed by atoms with Gasteiger partial charge in [-0.1, -0.05) is 18.2 Å². The zero-order valence-electron chi connectivity index (χ0n) is 12.2. The minimum absolute atomic E-state index is 0.308. The van der Waals surface area contributed by atoms with Crippen LogP contribution in [0.2, 0.25) is 0 Å². The molecule has 0 saturated carbocycles. The molecule has 3 rings (SSSR count). The molecular formula is C18H14FNOS2. The van der Waals surface area contributed by atoms with Crippen LogP contribution in [-0.4, -0.2) is 5.91 Å². The van der Waals surface area contributed by atoms with E-state index >= 15 is 0 Å². The number of carbonyl (C=O) groups is 1. The third-order valence-corrected chi connectivity index (χ3v) is 5.07. The molecule has 5 heteroatoms. The molecule has 0 bridgehead atoms. The second-order valence-electron chi connectivity index (χ2n) is 4.88. The number of anilines is 1. The van der Waals surface area contributed by atoms with Crippen molar-refractivity contribution in [2.75, 3.05) is 5.32 Å². The maximum Gasteiger partial charge on any atom is 0.255 e. The van der Waals surface area contributed by atoms with Crippen molar-refractivity contribution in [3.8, 4) is 0 Å². The number of nitrogens with one attached hydrogen (secondary N) is 1. The maximum atomic E-state index is 13.2. The SMILES string of the molecule is O=C(Nc1ccccc1SCc1ccsc1)c1cccc(F)c1. The van der Waals surface area contributed by atoms with E-state index in [-0.39, 0.29) is 5.91 Å². The summed E-state index contributed by atoms with van der Waals surface area (Å²) in [5.74, 6) is 0.113. The van der Waals surface area contributed by atoms with Gasteiger partial charge in [0.25, 0.3) is 5.91 Å². The highest BCUT2D eigenvalue weighted by molar-refractivity contribution is 7.98. The van der Waals surface area contributed by atoms with Crippen LogP contribution in [0, 0.1) is 5.82 Å². The van der Waals surface area contributed by atoms with Crippen molar-refractivity contribution >= 4 is 34.7 Å². The van der Waals surface area contributed by atoms with Gasteiger partial charge in [-0.3, -0.25) is 4.79 Å². The minimum atomic E-state index is -0.419. The Kier molecular flexibility index (Phi) is 5.10. The molecule has 1 N–H and O–H groups in total. The van der Waals surface area contributed by atoms with Crippen molar-refractivity contribution in [2.45, 2.75) is 10.6 Å². The van der Waals surface area contributed by atoms with Crippen LogP contribution >= 0.6 is 23.1 Å². The van der Waals surface area contributed by atoms with Gasteiger partial charge in [0.2, 0.25) is 0 Å². The zero-order chi connectivity index (χ0) is 16.1. The van der Waals surface area contributed by atoms with Crippen LogP contribution in [0.4, 0.5) is 10.1 Å². The first-order valence-electron chi connectivity index (χ1n) is 7.02. The molecule has 0 atom stereocenters. The van der Waals surface area contributed by atoms with E-state index in [1.165, 1.54) is 23.8 Å². The Balaban J connectivity index is 1.73. The van der Waals surface area contributed by atoms with Gasteiger partial charge in [-0.25, -0.2) is 4.39 Å². The molecule has 0 spiro atoms. The lowest BCUT2D eigenvalue weighted by Gasteiger charge is -2.10. The molecule has 23 heavy (non-hydrogen) atoms. The Labute approximate surface area is 142 Å². The van der Waals surface area contributed by atoms with Crippen molar-refractivity contribution in [3.05, 3.63) is 82.3 Å². The summed E-state index contributed by atoms with van der Waals surface area (Å²) < 4.78 is 13.2. The molecule has 0 saturated heterocycles. The van der Waals surface area contributed by atoms with Crippen LogP contribution in [-0.2, 0) is 5.75 Å². The number of hydrogen-bond acceptors (Lipinski definition) is 3. The second-order valence-corrected chi connectivity index (χ2v) is 6.68. The summed E-state index contributed by atoms with van der Waals surface area (Å²) in [5, 5.41) is 7.02. The Morgan fingerprint density at radius 1 is 1.13 bits per heavy atom. The lowest BCUT2D eigenvalue weighted by Crippen LogP contribution is -2.12. The van der Waals surface area contributed by atoms with Gasteiger partial charge >= 0.3 is 0 Å². The Morgan fingerprint density at radius 2 is 2.00 bits per heavy atom. The van der Waals surface area contributed by atoms with E-state index in [4.69, 9.17) is 0 Å². The fraction of sp³-hybridized carbons (Fsp3) is 0.0556. The van der Waals surface area contributed by atoms with Crippen LogP contribution in [0.1, 0.15) is 15.9 Å². The van der Waals surface area contributed by atoms with E-state index < -0.39 is 5.82 Å². The quantitative estimate of drug-likeness (QED) is 0.626. The summed E-state index contributed by atoms with van der Waals surface area (Å²) in [4.78, 5) is 13.3. The predicted molar refractivity (Wildman–Crippen MR) is 94.7 cm³/mol. The van der Waals surface area contributed by atoms with E-state index in [2.05, 4.69) is 16.8 Å². The van der Waals surface area contributed by atoms with Gasteiger partial charge in [0, 0.05) is 16.2 Å². The third-order valence-electron chi connectivity index (χ3n) is 3.20. The van der Waals surface area contributed by atoms with Crippen LogP contribution in [0.5, 0.6) is 0 Å². The lowest BCUT2D eigenvalue weighted by atomic mass is 10.2. The Bertz CT molecular complexity index is 802. The number of amides is 1. The van der Waals surface area contributed by atoms with Crippen molar-refractivity contribution < 1.29 is 9.18 Å². The molecular weight excluding hydrogens is 329 g/mol. The molecule has 1 aromatic heterocycles. The van der Waals surface area contributed by atoms with Crippen molar-refractivity contribution in [3.63, 3.8) is 0 Å². The summed E-state index contributed by atoms with van der Waals surface area (Å²) in [6.45, 7) is 0. The minimum Gasteiger partial charge on any atom is -0.321 e. The number of thiophene rings is 1. The molecule has 2 aromatic carbocycles. The monoisotopic (exact) mass is 343 g/mol. The predicted octanol–water partition coefficient (Wildman–Crippen LogP) is 5.43. The molecule has 0 unspecified atom stereocenters. The van der Waals surface area contributed by atoms with Crippen LogP contribution in [0.3, 0.4) is 0 Å². The fourth-order valence-corrected chi connectivity index (χ4v) is 3.78. The Hall–Kier alpha value is -2.11. The largest absolute Gasteiger partial charge is 0.321 e. The number of rotatable bonds is 5. The third kappa shape index (κ3) is 4.21. The summed E-state index contributed by atoms with van der Waals surface area (Å²) in [7, 11) is 0. The highest BCUT2D eigenvalue weighted by Crippen LogP contribution is 2.30. The molecule has 2 nitrogen and oxygen atoms in total. The zero-order valence-corrected chi connectivity index (χ0v) is 13.8. The van der Waals surface area contributed by atoms with E-state index in [9.17, 15) is 9.18 Å². The van der Waals surface area contributed by atoms with Gasteiger partial charge in [0.15, 0.2) is 0 Å². The van der Waals surface area contributed by atoms with Crippen molar-refractivity contribution in [2.24, 2.45) is 0 Å². The van der Waals surface area contributed by atoms with Crippen LogP contribution in [0.15, 0.2) is 70.3 Å². The highest BCUT2D eigenvalue weighted by Gasteiger charge is 2.10. The number of carbonyl (C=O) groups excluding carboxylic acids is 1. The van der Waals surface area contributed by atoms with Gasteiger partial charge in [-0.15, -0.1) is 11.8 Å². The van der Waals surface area contributed by atoms with Crippen LogP contribution in [0.25, 0.3) is 0 Å². The van der Waals surface area contributed by atoms with Crippen LogP contribution < -0.4 is 5.32 Å². The normalized spacial score (nSPS) is 10.5. The average Bonchev–Trinajstić information content (AvgIpc) is 3.07. The first-order chi connectivity index (χ1) is 11.2. The molecule has 0 fully saturated rings. The number of hydrogen-bond donors (Lipinski definition) is 1. The first kappa shape index (κ1) is 15.8. The smallest absolute Gasteiger partial charge is 0.255 e. The molecule has 1 amide bonds. The molecule has 116 valence electrons. The van der Waals surface area contributed by atoms with Gasteiger partial charge in [0.05, 0.1) is 5.69 Å². The molecule has 3 aromatic rings. The molecule has 1 heterocycles. The van der Waals surface area contributed by atoms with E-state index in [1.807, 2.05) is 29.6 Å². The number of benzene rings is 2. The van der Waals surface area contributed by atoms with Gasteiger partial charge in [0.1, 0.15) is 5.82 Å². The molecule has 0 aliphatic heterocycles. The summed E-state index contributed by atoms with van der Waals surface area (Å²) in [5.41, 5.74) is 2.30. The summed E-state index contributed by atoms with van der Waals surface area (Å²) >= 11 is 3.33. The maximum absolute atomic E-state index is 13.2. The number of halogens is 1. The van der Waals surface area contributed by atoms with Gasteiger partial charge in [-0.05, 0) is 52.7 Å². The standard InChI is InChI=1S/C18H14FNOS2/c19-15-5-3-4-14(10-15)18(21)20-16-6-1-2-7-17(16)23-12-13-8-9-22-11-13/h1-11H,12H2,(H,20,21). The number of thioether (sulfide) groups is 1. The van der Waals surface area contributed by atoms with E-state index in [0.717, 1.165) is 16.3 Å². The summed E-state index contributed by atoms with van der Waals surface area (Å²) in [6.07, 6.45) is 0. The summed E-state index contributed by atoms with van der Waals surface area (Å²) in [6, 6.07) is 15.4. The topological polar surface area (TPSA) is 29.1 Å². The van der Waals surface area contributed by atoms with E-state index in [0.29, 0.717) is 5.56 Å². The number of para-hydroxylation sites is 1. The van der Waals surface area contributed by atoms with Crippen molar-refractivity contribution in [1.82, 2.24) is 0 Å². The lowest BCUT2D eigenvalue weighted by molar-refractivity contribution is 0.102. The fourth-order valence-electron chi connectivity index (χ4n) is 2.06. The highest BCUT2D eigenvalue weighted by atomic mass is 32.2. The first-order valence-corrected chi connectivity index (χ1v) is 8.95. The Morgan fingerprint density at radius 3 is 2.78 bits per heavy atom. The van der Waals surface area contributed by atoms with E-state index in [1.54, 1.807) is 29.2 Å².